The van der Waals surface area contributed by atoms with Gasteiger partial charge in [0.25, 0.3) is 11.8 Å². The van der Waals surface area contributed by atoms with Crippen LogP contribution in [0.1, 0.15) is 50.8 Å². The molecule has 0 saturated heterocycles. The summed E-state index contributed by atoms with van der Waals surface area (Å²) in [4.78, 5) is 26.1. The third-order valence-electron chi connectivity index (χ3n) is 6.44. The lowest BCUT2D eigenvalue weighted by molar-refractivity contribution is -0.132. The van der Waals surface area contributed by atoms with E-state index in [1.54, 1.807) is 31.2 Å². The van der Waals surface area contributed by atoms with Crippen molar-refractivity contribution in [3.05, 3.63) is 99.0 Å². The molecule has 8 nitrogen and oxygen atoms in total. The van der Waals surface area contributed by atoms with E-state index in [1.807, 2.05) is 51.1 Å². The molecule has 0 aliphatic heterocycles. The van der Waals surface area contributed by atoms with Gasteiger partial charge in [-0.15, -0.1) is 6.58 Å². The van der Waals surface area contributed by atoms with Gasteiger partial charge >= 0.3 is 0 Å². The van der Waals surface area contributed by atoms with E-state index in [0.717, 1.165) is 11.1 Å². The summed E-state index contributed by atoms with van der Waals surface area (Å²) in [6, 6.07) is 15.0. The van der Waals surface area contributed by atoms with Crippen molar-refractivity contribution in [1.82, 2.24) is 10.7 Å². The molecule has 0 bridgehead atoms. The smallest absolute Gasteiger partial charge is 0.262 e. The molecule has 0 unspecified atom stereocenters. The molecule has 45 heavy (non-hydrogen) atoms. The Morgan fingerprint density at radius 3 is 2.36 bits per heavy atom. The van der Waals surface area contributed by atoms with E-state index in [2.05, 4.69) is 22.4 Å². The number of rotatable bonds is 16. The van der Waals surface area contributed by atoms with Crippen LogP contribution in [0.15, 0.2) is 72.4 Å². The number of carbonyl (C=O) groups is 2. The van der Waals surface area contributed by atoms with Crippen LogP contribution in [-0.2, 0) is 22.6 Å². The molecular weight excluding hydrogens is 637 g/mol. The van der Waals surface area contributed by atoms with Crippen molar-refractivity contribution in [3.8, 4) is 17.2 Å². The molecule has 2 atom stereocenters. The van der Waals surface area contributed by atoms with Gasteiger partial charge in [-0.25, -0.2) is 5.43 Å². The van der Waals surface area contributed by atoms with Crippen LogP contribution in [-0.4, -0.2) is 36.8 Å². The van der Waals surface area contributed by atoms with Crippen molar-refractivity contribution >= 4 is 52.8 Å². The quantitative estimate of drug-likeness (QED) is 0.0918. The summed E-state index contributed by atoms with van der Waals surface area (Å²) >= 11 is 18.4. The molecule has 3 rings (SSSR count). The van der Waals surface area contributed by atoms with Gasteiger partial charge in [0.15, 0.2) is 17.6 Å². The number of benzene rings is 3. The Bertz CT molecular complexity index is 1510. The lowest BCUT2D eigenvalue weighted by Gasteiger charge is -2.22. The highest BCUT2D eigenvalue weighted by Gasteiger charge is 2.25. The molecule has 0 aliphatic rings. The van der Waals surface area contributed by atoms with Gasteiger partial charge in [-0.2, -0.15) is 5.10 Å². The first-order chi connectivity index (χ1) is 21.5. The van der Waals surface area contributed by atoms with Crippen LogP contribution in [0.3, 0.4) is 0 Å². The Balaban J connectivity index is 1.73. The summed E-state index contributed by atoms with van der Waals surface area (Å²) in [5.74, 6) is 0.570. The van der Waals surface area contributed by atoms with Gasteiger partial charge in [-0.3, -0.25) is 9.59 Å². The highest BCUT2D eigenvalue weighted by Crippen LogP contribution is 2.35. The van der Waals surface area contributed by atoms with Crippen molar-refractivity contribution in [2.24, 2.45) is 11.0 Å². The zero-order valence-electron chi connectivity index (χ0n) is 25.7. The third-order valence-corrected chi connectivity index (χ3v) is 7.34. The monoisotopic (exact) mass is 673 g/mol. The highest BCUT2D eigenvalue weighted by atomic mass is 35.5. The molecule has 2 amide bonds. The van der Waals surface area contributed by atoms with Gasteiger partial charge < -0.3 is 19.5 Å². The van der Waals surface area contributed by atoms with Crippen LogP contribution in [0.25, 0.3) is 0 Å². The Kier molecular flexibility index (Phi) is 14.1. The van der Waals surface area contributed by atoms with Crippen LogP contribution in [0, 0.1) is 5.92 Å². The standard InChI is InChI=1S/C34H38Cl3N3O5/c1-6-10-24-16-23(17-31(43-7-2)32(24)44-20-25-11-8-9-12-27(25)36)19-38-40-34(42)29(15-21(3)4)39-33(41)22(5)45-30-14-13-26(35)18-28(30)37/h6,8-9,11-14,16-19,21-22,29H,1,7,10,15,20H2,2-5H3,(H,39,41)(H,40,42)/b38-19-/t22-,29+/m1/s1. The van der Waals surface area contributed by atoms with E-state index in [9.17, 15) is 9.59 Å². The molecule has 0 radical (unpaired) electrons. The largest absolute Gasteiger partial charge is 0.490 e. The molecule has 0 spiro atoms. The third kappa shape index (κ3) is 11.0. The lowest BCUT2D eigenvalue weighted by atomic mass is 10.0. The number of carbonyl (C=O) groups excluding carboxylic acids is 2. The van der Waals surface area contributed by atoms with Gasteiger partial charge in [0.05, 0.1) is 17.8 Å². The lowest BCUT2D eigenvalue weighted by Crippen LogP contribution is -2.49. The van der Waals surface area contributed by atoms with E-state index >= 15 is 0 Å². The summed E-state index contributed by atoms with van der Waals surface area (Å²) in [6.07, 6.45) is 3.25. The predicted octanol–water partition coefficient (Wildman–Crippen LogP) is 7.80. The molecule has 0 fully saturated rings. The number of nitrogens with one attached hydrogen (secondary N) is 2. The van der Waals surface area contributed by atoms with E-state index in [0.29, 0.717) is 52.3 Å². The second kappa shape index (κ2) is 17.7. The van der Waals surface area contributed by atoms with E-state index in [-0.39, 0.29) is 17.5 Å². The summed E-state index contributed by atoms with van der Waals surface area (Å²) in [5, 5.41) is 8.27. The topological polar surface area (TPSA) is 98.3 Å². The van der Waals surface area contributed by atoms with E-state index in [1.165, 1.54) is 12.3 Å². The normalized spacial score (nSPS) is 12.4. The minimum absolute atomic E-state index is 0.112. The predicted molar refractivity (Wildman–Crippen MR) is 181 cm³/mol. The van der Waals surface area contributed by atoms with Gasteiger partial charge in [-0.1, -0.05) is 72.9 Å². The number of hydrogen-bond donors (Lipinski definition) is 2. The first kappa shape index (κ1) is 35.8. The SMILES string of the molecule is C=CCc1cc(/C=N\NC(=O)[C@H](CC(C)C)NC(=O)[C@@H](C)Oc2ccc(Cl)cc2Cl)cc(OCC)c1OCc1ccccc1Cl. The van der Waals surface area contributed by atoms with Crippen LogP contribution >= 0.6 is 34.8 Å². The maximum atomic E-state index is 13.1. The fraction of sp³-hybridized carbons (Fsp3) is 0.324. The van der Waals surface area contributed by atoms with Gasteiger partial charge in [0.2, 0.25) is 0 Å². The van der Waals surface area contributed by atoms with Crippen molar-refractivity contribution in [1.29, 1.82) is 0 Å². The fourth-order valence-electron chi connectivity index (χ4n) is 4.31. The van der Waals surface area contributed by atoms with E-state index in [4.69, 9.17) is 49.0 Å². The molecule has 0 heterocycles. The number of amides is 2. The molecule has 0 saturated carbocycles. The minimum Gasteiger partial charge on any atom is -0.490 e. The summed E-state index contributed by atoms with van der Waals surface area (Å²) in [5.41, 5.74) is 4.90. The number of nitrogens with zero attached hydrogens (tertiary/aromatic N) is 1. The van der Waals surface area contributed by atoms with Crippen LogP contribution in [0.4, 0.5) is 0 Å². The molecular formula is C34H38Cl3N3O5. The van der Waals surface area contributed by atoms with Crippen molar-refractivity contribution in [2.75, 3.05) is 6.61 Å². The maximum Gasteiger partial charge on any atom is 0.262 e. The zero-order chi connectivity index (χ0) is 32.9. The van der Waals surface area contributed by atoms with Crippen LogP contribution in [0.2, 0.25) is 15.1 Å². The second-order valence-electron chi connectivity index (χ2n) is 10.6. The Morgan fingerprint density at radius 2 is 1.69 bits per heavy atom. The Labute approximate surface area is 279 Å². The number of allylic oxidation sites excluding steroid dienone is 1. The molecule has 2 N–H and O–H groups in total. The first-order valence-electron chi connectivity index (χ1n) is 14.5. The zero-order valence-corrected chi connectivity index (χ0v) is 28.0. The van der Waals surface area contributed by atoms with Crippen LogP contribution < -0.4 is 25.0 Å². The van der Waals surface area contributed by atoms with Gasteiger partial charge in [0, 0.05) is 21.2 Å². The maximum absolute atomic E-state index is 13.1. The Morgan fingerprint density at radius 1 is 0.933 bits per heavy atom. The fourth-order valence-corrected chi connectivity index (χ4v) is 4.96. The molecule has 0 aliphatic carbocycles. The van der Waals surface area contributed by atoms with Crippen molar-refractivity contribution in [2.45, 2.75) is 59.3 Å². The molecule has 3 aromatic rings. The summed E-state index contributed by atoms with van der Waals surface area (Å²) < 4.78 is 17.8. The highest BCUT2D eigenvalue weighted by molar-refractivity contribution is 6.35. The van der Waals surface area contributed by atoms with E-state index < -0.39 is 24.0 Å². The van der Waals surface area contributed by atoms with Crippen molar-refractivity contribution < 1.29 is 23.8 Å². The second-order valence-corrected chi connectivity index (χ2v) is 11.8. The molecule has 0 aromatic heterocycles. The number of hydrazone groups is 1. The van der Waals surface area contributed by atoms with Crippen LogP contribution in [0.5, 0.6) is 17.2 Å². The van der Waals surface area contributed by atoms with Gasteiger partial charge in [0.1, 0.15) is 18.4 Å². The molecule has 240 valence electrons. The number of ether oxygens (including phenoxy) is 3. The average molecular weight is 675 g/mol. The van der Waals surface area contributed by atoms with Crippen molar-refractivity contribution in [3.63, 3.8) is 0 Å². The summed E-state index contributed by atoms with van der Waals surface area (Å²) in [7, 11) is 0. The molecule has 11 heteroatoms. The first-order valence-corrected chi connectivity index (χ1v) is 15.7. The Hall–Kier alpha value is -3.72. The number of hydrogen-bond acceptors (Lipinski definition) is 6. The summed E-state index contributed by atoms with van der Waals surface area (Å²) in [6.45, 7) is 11.9. The minimum atomic E-state index is -0.923. The van der Waals surface area contributed by atoms with Gasteiger partial charge in [-0.05, 0) is 74.6 Å². The number of halogens is 3. The average Bonchev–Trinajstić information content (AvgIpc) is 2.98. The molecule has 3 aromatic carbocycles.